The van der Waals surface area contributed by atoms with Gasteiger partial charge in [-0.25, -0.2) is 4.57 Å². The number of esters is 2. The minimum atomic E-state index is -4.64. The van der Waals surface area contributed by atoms with Gasteiger partial charge in [0.25, 0.3) is 0 Å². The molecule has 0 aliphatic heterocycles. The molecule has 62 heavy (non-hydrogen) atoms. The number of hydrogen-bond acceptors (Lipinski definition) is 9. The van der Waals surface area contributed by atoms with Crippen LogP contribution in [0, 0.1) is 0 Å². The van der Waals surface area contributed by atoms with Crippen molar-refractivity contribution < 1.29 is 47.8 Å². The van der Waals surface area contributed by atoms with Crippen LogP contribution in [0.4, 0.5) is 0 Å². The molecule has 0 bridgehead atoms. The van der Waals surface area contributed by atoms with Crippen molar-refractivity contribution in [2.75, 3.05) is 26.4 Å². The summed E-state index contributed by atoms with van der Waals surface area (Å²) in [7, 11) is -4.64. The number of phosphoric acid groups is 1. The van der Waals surface area contributed by atoms with Gasteiger partial charge in [0.1, 0.15) is 12.7 Å². The summed E-state index contributed by atoms with van der Waals surface area (Å²) in [5.41, 5.74) is 0. The van der Waals surface area contributed by atoms with E-state index in [0.717, 1.165) is 57.8 Å². The molecule has 0 spiro atoms. The smallest absolute Gasteiger partial charge is 0.462 e. The minimum absolute atomic E-state index is 0.0575. The molecule has 0 amide bonds. The van der Waals surface area contributed by atoms with Crippen molar-refractivity contribution in [3.63, 3.8) is 0 Å². The molecule has 3 N–H and O–H groups in total. The molecule has 0 aromatic rings. The van der Waals surface area contributed by atoms with Crippen LogP contribution in [0.2, 0.25) is 0 Å². The molecule has 358 valence electrons. The molecule has 0 saturated carbocycles. The number of rotatable bonds is 45. The van der Waals surface area contributed by atoms with E-state index in [9.17, 15) is 24.2 Å². The fraction of sp³-hybridized carbons (Fsp3) is 0.725. The van der Waals surface area contributed by atoms with E-state index in [0.29, 0.717) is 12.8 Å². The Balaban J connectivity index is 4.31. The van der Waals surface area contributed by atoms with Crippen LogP contribution in [-0.2, 0) is 32.7 Å². The number of aliphatic hydroxyl groups is 2. The van der Waals surface area contributed by atoms with Crippen LogP contribution in [0.3, 0.4) is 0 Å². The van der Waals surface area contributed by atoms with Gasteiger partial charge in [0, 0.05) is 12.8 Å². The summed E-state index contributed by atoms with van der Waals surface area (Å²) in [4.78, 5) is 35.1. The molecule has 0 aromatic carbocycles. The highest BCUT2D eigenvalue weighted by atomic mass is 31.2. The van der Waals surface area contributed by atoms with Gasteiger partial charge in [-0.05, 0) is 51.4 Å². The van der Waals surface area contributed by atoms with Crippen molar-refractivity contribution in [3.05, 3.63) is 72.9 Å². The highest BCUT2D eigenvalue weighted by Crippen LogP contribution is 2.43. The van der Waals surface area contributed by atoms with Crippen molar-refractivity contribution >= 4 is 19.8 Å². The lowest BCUT2D eigenvalue weighted by atomic mass is 10.0. The Morgan fingerprint density at radius 2 is 0.887 bits per heavy atom. The summed E-state index contributed by atoms with van der Waals surface area (Å²) in [6.45, 7) is 2.20. The zero-order valence-electron chi connectivity index (χ0n) is 39.1. The summed E-state index contributed by atoms with van der Waals surface area (Å²) < 4.78 is 32.7. The maximum Gasteiger partial charge on any atom is 0.472 e. The first-order chi connectivity index (χ1) is 30.2. The Morgan fingerprint density at radius 1 is 0.500 bits per heavy atom. The molecular formula is C51H89O10P. The van der Waals surface area contributed by atoms with Crippen LogP contribution in [0.1, 0.15) is 200 Å². The molecule has 0 aromatic heterocycles. The zero-order valence-corrected chi connectivity index (χ0v) is 40.0. The van der Waals surface area contributed by atoms with Crippen molar-refractivity contribution in [2.45, 2.75) is 212 Å². The van der Waals surface area contributed by atoms with Crippen LogP contribution >= 0.6 is 7.82 Å². The number of carbonyl (C=O) groups is 2. The van der Waals surface area contributed by atoms with Gasteiger partial charge in [-0.3, -0.25) is 18.6 Å². The van der Waals surface area contributed by atoms with Gasteiger partial charge in [-0.2, -0.15) is 0 Å². The summed E-state index contributed by atoms with van der Waals surface area (Å²) in [6, 6.07) is 0. The van der Waals surface area contributed by atoms with E-state index in [1.165, 1.54) is 103 Å². The van der Waals surface area contributed by atoms with E-state index in [4.69, 9.17) is 23.6 Å². The average molecular weight is 893 g/mol. The summed E-state index contributed by atoms with van der Waals surface area (Å²) >= 11 is 0. The fourth-order valence-corrected chi connectivity index (χ4v) is 7.22. The van der Waals surface area contributed by atoms with E-state index >= 15 is 0 Å². The molecule has 0 heterocycles. The lowest BCUT2D eigenvalue weighted by Gasteiger charge is -2.20. The Morgan fingerprint density at radius 3 is 1.31 bits per heavy atom. The number of aliphatic hydroxyl groups excluding tert-OH is 2. The fourth-order valence-electron chi connectivity index (χ4n) is 6.43. The third-order valence-electron chi connectivity index (χ3n) is 10.1. The Labute approximate surface area is 378 Å². The van der Waals surface area contributed by atoms with Crippen molar-refractivity contribution in [1.82, 2.24) is 0 Å². The van der Waals surface area contributed by atoms with Gasteiger partial charge in [0.05, 0.1) is 19.8 Å². The van der Waals surface area contributed by atoms with Gasteiger partial charge < -0.3 is 24.6 Å². The number of carbonyl (C=O) groups excluding carboxylic acids is 2. The topological polar surface area (TPSA) is 149 Å². The molecule has 0 fully saturated rings. The second-order valence-electron chi connectivity index (χ2n) is 16.1. The predicted molar refractivity (Wildman–Crippen MR) is 256 cm³/mol. The van der Waals surface area contributed by atoms with Crippen LogP contribution in [0.15, 0.2) is 72.9 Å². The van der Waals surface area contributed by atoms with Crippen LogP contribution in [-0.4, -0.2) is 65.7 Å². The second-order valence-corrected chi connectivity index (χ2v) is 17.6. The van der Waals surface area contributed by atoms with E-state index in [1.807, 2.05) is 12.2 Å². The molecule has 0 aliphatic carbocycles. The number of hydrogen-bond donors (Lipinski definition) is 3. The Bertz CT molecular complexity index is 1260. The normalized spacial score (nSPS) is 14.3. The minimum Gasteiger partial charge on any atom is -0.462 e. The van der Waals surface area contributed by atoms with Crippen LogP contribution in [0.25, 0.3) is 0 Å². The van der Waals surface area contributed by atoms with Crippen LogP contribution in [0.5, 0.6) is 0 Å². The van der Waals surface area contributed by atoms with E-state index in [1.54, 1.807) is 0 Å². The molecule has 11 heteroatoms. The van der Waals surface area contributed by atoms with E-state index in [2.05, 4.69) is 74.6 Å². The van der Waals surface area contributed by atoms with Crippen molar-refractivity contribution in [2.24, 2.45) is 0 Å². The van der Waals surface area contributed by atoms with Gasteiger partial charge in [-0.15, -0.1) is 0 Å². The average Bonchev–Trinajstić information content (AvgIpc) is 3.26. The number of phosphoric ester groups is 1. The zero-order chi connectivity index (χ0) is 45.5. The predicted octanol–water partition coefficient (Wildman–Crippen LogP) is 13.6. The van der Waals surface area contributed by atoms with Crippen molar-refractivity contribution in [3.8, 4) is 0 Å². The highest BCUT2D eigenvalue weighted by molar-refractivity contribution is 7.47. The molecule has 0 radical (unpaired) electrons. The van der Waals surface area contributed by atoms with Gasteiger partial charge in [0.2, 0.25) is 0 Å². The number of allylic oxidation sites excluding steroid dienone is 12. The van der Waals surface area contributed by atoms with Gasteiger partial charge >= 0.3 is 19.8 Å². The van der Waals surface area contributed by atoms with E-state index in [-0.39, 0.29) is 19.4 Å². The van der Waals surface area contributed by atoms with Crippen molar-refractivity contribution in [1.29, 1.82) is 0 Å². The second kappa shape index (κ2) is 46.4. The molecule has 0 rings (SSSR count). The Kier molecular flexibility index (Phi) is 44.5. The lowest BCUT2D eigenvalue weighted by Crippen LogP contribution is -2.29. The Hall–Kier alpha value is -2.59. The highest BCUT2D eigenvalue weighted by Gasteiger charge is 2.27. The molecule has 3 unspecified atom stereocenters. The lowest BCUT2D eigenvalue weighted by molar-refractivity contribution is -0.161. The quantitative estimate of drug-likeness (QED) is 0.0233. The molecule has 3 atom stereocenters. The first-order valence-corrected chi connectivity index (χ1v) is 25.9. The molecule has 0 aliphatic rings. The molecule has 0 saturated heterocycles. The number of unbranched alkanes of at least 4 members (excludes halogenated alkanes) is 19. The maximum atomic E-state index is 12.6. The van der Waals surface area contributed by atoms with Gasteiger partial charge in [0.15, 0.2) is 6.10 Å². The van der Waals surface area contributed by atoms with Gasteiger partial charge in [-0.1, -0.05) is 209 Å². The molecular weight excluding hydrogens is 804 g/mol. The maximum absolute atomic E-state index is 12.6. The van der Waals surface area contributed by atoms with Crippen LogP contribution < -0.4 is 0 Å². The number of ether oxygens (including phenoxy) is 2. The summed E-state index contributed by atoms with van der Waals surface area (Å²) in [6.07, 6.45) is 54.6. The standard InChI is InChI=1S/C51H89O10P/c1-3-5-7-9-11-13-15-17-19-21-23-25-26-28-30-32-34-36-38-40-42-50(54)58-46-49(47-60-62(56,57)59-45-48(53)44-52)61-51(55)43-41-39-37-35-33-31-29-27-24-22-20-18-16-14-12-10-8-6-4-2/h6,8,12,14,18,20,24,27,31,33,37,39,48-49,52-53H,3-5,7,9-11,13,15-17,19,21-23,25-26,28-30,32,34-36,38,40-47H2,1-2H3,(H,56,57)/b8-6-,14-12-,20-18-,27-24-,33-31-,39-37-. The summed E-state index contributed by atoms with van der Waals surface area (Å²) in [5, 5.41) is 18.4. The first kappa shape index (κ1) is 59.4. The third-order valence-corrected chi connectivity index (χ3v) is 11.1. The molecule has 10 nitrogen and oxygen atoms in total. The van der Waals surface area contributed by atoms with E-state index < -0.39 is 51.8 Å². The SMILES string of the molecule is CC/C=C\C/C=C\C/C=C\C/C=C\C/C=C\C/C=C\CCC(=O)OC(COC(=O)CCCCCCCCCCCCCCCCCCCCCC)COP(=O)(O)OCC(O)CO. The summed E-state index contributed by atoms with van der Waals surface area (Å²) in [5.74, 6) is -1.02. The largest absolute Gasteiger partial charge is 0.472 e. The monoisotopic (exact) mass is 893 g/mol. The first-order valence-electron chi connectivity index (χ1n) is 24.4. The third kappa shape index (κ3) is 45.4.